The number of rotatable bonds is 4. The van der Waals surface area contributed by atoms with Crippen LogP contribution in [0, 0.1) is 5.92 Å². The Labute approximate surface area is 183 Å². The highest BCUT2D eigenvalue weighted by Crippen LogP contribution is 2.32. The predicted molar refractivity (Wildman–Crippen MR) is 119 cm³/mol. The molecule has 1 unspecified atom stereocenters. The van der Waals surface area contributed by atoms with Crippen LogP contribution >= 0.6 is 0 Å². The van der Waals surface area contributed by atoms with E-state index in [0.29, 0.717) is 28.8 Å². The molecule has 0 spiro atoms. The number of pyridine rings is 1. The van der Waals surface area contributed by atoms with E-state index in [4.69, 9.17) is 15.5 Å². The molecule has 0 fully saturated rings. The Balaban J connectivity index is 1.69. The van der Waals surface area contributed by atoms with Crippen molar-refractivity contribution in [2.75, 3.05) is 12.3 Å². The fraction of sp³-hybridized carbons (Fsp3) is 0.348. The van der Waals surface area contributed by atoms with Crippen LogP contribution in [0.15, 0.2) is 33.9 Å². The molecular formula is C23H24N4O5. The van der Waals surface area contributed by atoms with Gasteiger partial charge in [0.1, 0.15) is 11.4 Å². The monoisotopic (exact) mass is 436 g/mol. The number of carbonyl (C=O) groups excluding carboxylic acids is 2. The number of hydrogen-bond donors (Lipinski definition) is 1. The summed E-state index contributed by atoms with van der Waals surface area (Å²) in [6.07, 6.45) is 2.45. The molecule has 3 aromatic rings. The van der Waals surface area contributed by atoms with E-state index in [1.807, 2.05) is 18.2 Å². The zero-order chi connectivity index (χ0) is 23.2. The molecule has 0 amide bonds. The van der Waals surface area contributed by atoms with Gasteiger partial charge in [0.05, 0.1) is 11.1 Å². The second-order valence-electron chi connectivity index (χ2n) is 8.24. The largest absolute Gasteiger partial charge is 0.454 e. The van der Waals surface area contributed by atoms with E-state index in [2.05, 4.69) is 6.92 Å². The summed E-state index contributed by atoms with van der Waals surface area (Å²) in [5.74, 6) is -1.29. The second kappa shape index (κ2) is 8.07. The Bertz CT molecular complexity index is 1390. The van der Waals surface area contributed by atoms with Gasteiger partial charge in [0.2, 0.25) is 5.78 Å². The summed E-state index contributed by atoms with van der Waals surface area (Å²) in [5.41, 5.74) is 6.80. The minimum Gasteiger partial charge on any atom is -0.454 e. The molecule has 1 aromatic carbocycles. The SMILES string of the molecule is CC1CCc2nc3ccccc3c(C(=O)OCC(=O)c3c(N)n(C)c(=O)n(C)c3=O)c2C1. The quantitative estimate of drug-likeness (QED) is 0.484. The van der Waals surface area contributed by atoms with Gasteiger partial charge < -0.3 is 10.5 Å². The smallest absolute Gasteiger partial charge is 0.339 e. The van der Waals surface area contributed by atoms with Crippen LogP contribution < -0.4 is 17.0 Å². The third-order valence-corrected chi connectivity index (χ3v) is 6.03. The number of carbonyl (C=O) groups is 2. The van der Waals surface area contributed by atoms with Crippen LogP contribution in [-0.4, -0.2) is 32.5 Å². The molecule has 9 nitrogen and oxygen atoms in total. The zero-order valence-electron chi connectivity index (χ0n) is 18.2. The maximum absolute atomic E-state index is 13.2. The van der Waals surface area contributed by atoms with E-state index < -0.39 is 29.6 Å². The lowest BCUT2D eigenvalue weighted by molar-refractivity contribution is 0.0474. The van der Waals surface area contributed by atoms with Gasteiger partial charge in [0.15, 0.2) is 6.61 Å². The van der Waals surface area contributed by atoms with Gasteiger partial charge in [-0.15, -0.1) is 0 Å². The molecule has 2 N–H and O–H groups in total. The zero-order valence-corrected chi connectivity index (χ0v) is 18.2. The van der Waals surface area contributed by atoms with Crippen LogP contribution in [0.1, 0.15) is 45.3 Å². The summed E-state index contributed by atoms with van der Waals surface area (Å²) < 4.78 is 7.16. The number of benzene rings is 1. The number of anilines is 1. The van der Waals surface area contributed by atoms with E-state index >= 15 is 0 Å². The summed E-state index contributed by atoms with van der Waals surface area (Å²) in [4.78, 5) is 55.0. The molecule has 0 radical (unpaired) electrons. The molecule has 32 heavy (non-hydrogen) atoms. The van der Waals surface area contributed by atoms with Crippen molar-refractivity contribution < 1.29 is 14.3 Å². The van der Waals surface area contributed by atoms with Crippen molar-refractivity contribution in [2.45, 2.75) is 26.2 Å². The van der Waals surface area contributed by atoms with Gasteiger partial charge in [-0.3, -0.25) is 23.7 Å². The van der Waals surface area contributed by atoms with E-state index in [1.165, 1.54) is 14.1 Å². The van der Waals surface area contributed by atoms with Gasteiger partial charge in [-0.2, -0.15) is 0 Å². The molecule has 2 aromatic heterocycles. The number of aryl methyl sites for hydroxylation is 1. The lowest BCUT2D eigenvalue weighted by Crippen LogP contribution is -2.42. The average molecular weight is 436 g/mol. The molecule has 9 heteroatoms. The number of Topliss-reactive ketones (excluding diaryl/α,β-unsaturated/α-hetero) is 1. The topological polar surface area (TPSA) is 126 Å². The average Bonchev–Trinajstić information content (AvgIpc) is 2.78. The van der Waals surface area contributed by atoms with Gasteiger partial charge in [0, 0.05) is 25.2 Å². The summed E-state index contributed by atoms with van der Waals surface area (Å²) in [6.45, 7) is 1.45. The van der Waals surface area contributed by atoms with Crippen molar-refractivity contribution in [3.8, 4) is 0 Å². The number of nitrogens with two attached hydrogens (primary N) is 1. The molecule has 0 saturated carbocycles. The van der Waals surface area contributed by atoms with Crippen molar-refractivity contribution in [3.63, 3.8) is 0 Å². The molecule has 1 aliphatic carbocycles. The highest BCUT2D eigenvalue weighted by Gasteiger charge is 2.27. The van der Waals surface area contributed by atoms with Gasteiger partial charge in [-0.25, -0.2) is 9.59 Å². The Morgan fingerprint density at radius 1 is 1.16 bits per heavy atom. The first-order chi connectivity index (χ1) is 15.2. The van der Waals surface area contributed by atoms with Gasteiger partial charge >= 0.3 is 11.7 Å². The minimum atomic E-state index is -0.827. The van der Waals surface area contributed by atoms with Crippen LogP contribution in [0.3, 0.4) is 0 Å². The molecule has 0 saturated heterocycles. The fourth-order valence-corrected chi connectivity index (χ4v) is 4.19. The maximum Gasteiger partial charge on any atom is 0.339 e. The summed E-state index contributed by atoms with van der Waals surface area (Å²) in [6, 6.07) is 7.31. The lowest BCUT2D eigenvalue weighted by Gasteiger charge is -2.24. The number of hydrogen-bond acceptors (Lipinski definition) is 7. The first kappa shape index (κ1) is 21.5. The van der Waals surface area contributed by atoms with Gasteiger partial charge in [-0.1, -0.05) is 25.1 Å². The summed E-state index contributed by atoms with van der Waals surface area (Å²) >= 11 is 0. The lowest BCUT2D eigenvalue weighted by atomic mass is 9.84. The van der Waals surface area contributed by atoms with Crippen molar-refractivity contribution >= 4 is 28.5 Å². The molecular weight excluding hydrogens is 412 g/mol. The second-order valence-corrected chi connectivity index (χ2v) is 8.24. The third kappa shape index (κ3) is 3.49. The molecule has 166 valence electrons. The third-order valence-electron chi connectivity index (χ3n) is 6.03. The standard InChI is InChI=1S/C23H24N4O5/c1-12-8-9-16-14(10-12)18(13-6-4-5-7-15(13)25-16)22(30)32-11-17(28)19-20(24)26(2)23(31)27(3)21(19)29/h4-7,12H,8-11,24H2,1-3H3. The number of fused-ring (bicyclic) bond motifs is 2. The summed E-state index contributed by atoms with van der Waals surface area (Å²) in [7, 11) is 2.61. The molecule has 4 rings (SSSR count). The first-order valence-corrected chi connectivity index (χ1v) is 10.4. The number of para-hydroxylation sites is 1. The molecule has 1 aliphatic rings. The number of aromatic nitrogens is 3. The number of ketones is 1. The Kier molecular flexibility index (Phi) is 5.41. The Hall–Kier alpha value is -3.75. The highest BCUT2D eigenvalue weighted by atomic mass is 16.5. The Morgan fingerprint density at radius 2 is 1.88 bits per heavy atom. The summed E-state index contributed by atoms with van der Waals surface area (Å²) in [5, 5.41) is 0.662. The van der Waals surface area contributed by atoms with Crippen LogP contribution in [0.2, 0.25) is 0 Å². The van der Waals surface area contributed by atoms with Crippen molar-refractivity contribution in [2.24, 2.45) is 20.0 Å². The van der Waals surface area contributed by atoms with Gasteiger partial charge in [-0.05, 0) is 36.8 Å². The fourth-order valence-electron chi connectivity index (χ4n) is 4.19. The van der Waals surface area contributed by atoms with Crippen LogP contribution in [0.5, 0.6) is 0 Å². The van der Waals surface area contributed by atoms with Crippen LogP contribution in [0.4, 0.5) is 5.82 Å². The maximum atomic E-state index is 13.2. The van der Waals surface area contributed by atoms with Gasteiger partial charge in [0.25, 0.3) is 5.56 Å². The van der Waals surface area contributed by atoms with Crippen LogP contribution in [0.25, 0.3) is 10.9 Å². The van der Waals surface area contributed by atoms with Crippen molar-refractivity contribution in [1.29, 1.82) is 0 Å². The molecule has 2 heterocycles. The van der Waals surface area contributed by atoms with Crippen LogP contribution in [-0.2, 0) is 31.7 Å². The molecule has 0 bridgehead atoms. The highest BCUT2D eigenvalue weighted by molar-refractivity contribution is 6.07. The van der Waals surface area contributed by atoms with Crippen molar-refractivity contribution in [1.82, 2.24) is 14.1 Å². The van der Waals surface area contributed by atoms with E-state index in [9.17, 15) is 19.2 Å². The number of nitrogen functional groups attached to an aromatic ring is 1. The predicted octanol–water partition coefficient (Wildman–Crippen LogP) is 1.38. The normalized spacial score (nSPS) is 15.4. The Morgan fingerprint density at radius 3 is 2.62 bits per heavy atom. The number of esters is 1. The van der Waals surface area contributed by atoms with Crippen molar-refractivity contribution in [3.05, 3.63) is 67.5 Å². The first-order valence-electron chi connectivity index (χ1n) is 10.4. The molecule has 0 aliphatic heterocycles. The number of nitrogens with zero attached hydrogens (tertiary/aromatic N) is 3. The van der Waals surface area contributed by atoms with E-state index in [1.54, 1.807) is 6.07 Å². The van der Waals surface area contributed by atoms with E-state index in [-0.39, 0.29) is 11.4 Å². The minimum absolute atomic E-state index is 0.264. The van der Waals surface area contributed by atoms with E-state index in [0.717, 1.165) is 33.2 Å². The number of ether oxygens (including phenoxy) is 1. The molecule has 1 atom stereocenters.